The zero-order valence-electron chi connectivity index (χ0n) is 14.7. The molecule has 0 unspecified atom stereocenters. The Hall–Kier alpha value is -1.85. The minimum atomic E-state index is 0.348. The summed E-state index contributed by atoms with van der Waals surface area (Å²) in [4.78, 5) is 6.96. The molecule has 1 aliphatic rings. The van der Waals surface area contributed by atoms with Gasteiger partial charge in [-0.05, 0) is 45.9 Å². The van der Waals surface area contributed by atoms with Crippen molar-refractivity contribution >= 4 is 0 Å². The van der Waals surface area contributed by atoms with Gasteiger partial charge < -0.3 is 13.9 Å². The Morgan fingerprint density at radius 2 is 2.17 bits per heavy atom. The highest BCUT2D eigenvalue weighted by Gasteiger charge is 2.20. The second-order valence-corrected chi connectivity index (χ2v) is 6.28. The SMILES string of the molecule is CCOc1ccccc1-c1nc(CN(C)C[C@@H]2CCCO2)c(C)o1. The summed E-state index contributed by atoms with van der Waals surface area (Å²) in [6.45, 7) is 7.13. The van der Waals surface area contributed by atoms with E-state index in [0.717, 1.165) is 48.9 Å². The van der Waals surface area contributed by atoms with E-state index in [1.165, 1.54) is 6.42 Å². The summed E-state index contributed by atoms with van der Waals surface area (Å²) >= 11 is 0. The van der Waals surface area contributed by atoms with Gasteiger partial charge in [-0.15, -0.1) is 0 Å². The lowest BCUT2D eigenvalue weighted by atomic mass is 10.2. The fraction of sp³-hybridized carbons (Fsp3) is 0.526. The van der Waals surface area contributed by atoms with Crippen LogP contribution in [0.5, 0.6) is 5.75 Å². The van der Waals surface area contributed by atoms with Crippen molar-refractivity contribution in [1.82, 2.24) is 9.88 Å². The number of ether oxygens (including phenoxy) is 2. The van der Waals surface area contributed by atoms with Crippen LogP contribution in [0.2, 0.25) is 0 Å². The summed E-state index contributed by atoms with van der Waals surface area (Å²) in [6.07, 6.45) is 2.66. The van der Waals surface area contributed by atoms with Crippen LogP contribution < -0.4 is 4.74 Å². The number of aromatic nitrogens is 1. The Morgan fingerprint density at radius 3 is 2.92 bits per heavy atom. The number of rotatable bonds is 7. The fourth-order valence-electron chi connectivity index (χ4n) is 3.07. The van der Waals surface area contributed by atoms with E-state index in [9.17, 15) is 0 Å². The maximum atomic E-state index is 5.91. The molecule has 1 fully saturated rings. The van der Waals surface area contributed by atoms with E-state index in [1.807, 2.05) is 38.1 Å². The maximum Gasteiger partial charge on any atom is 0.230 e. The van der Waals surface area contributed by atoms with Crippen molar-refractivity contribution in [3.8, 4) is 17.2 Å². The summed E-state index contributed by atoms with van der Waals surface area (Å²) in [5.74, 6) is 2.29. The van der Waals surface area contributed by atoms with Crippen molar-refractivity contribution in [1.29, 1.82) is 0 Å². The van der Waals surface area contributed by atoms with Crippen LogP contribution in [-0.4, -0.2) is 42.8 Å². The van der Waals surface area contributed by atoms with E-state index in [-0.39, 0.29) is 0 Å². The minimum Gasteiger partial charge on any atom is -0.493 e. The van der Waals surface area contributed by atoms with Crippen LogP contribution in [0.1, 0.15) is 31.2 Å². The molecular weight excluding hydrogens is 304 g/mol. The highest BCUT2D eigenvalue weighted by atomic mass is 16.5. The number of aryl methyl sites for hydroxylation is 1. The molecule has 5 heteroatoms. The van der Waals surface area contributed by atoms with Gasteiger partial charge >= 0.3 is 0 Å². The number of likely N-dealkylation sites (N-methyl/N-ethyl adjacent to an activating group) is 1. The number of benzene rings is 1. The second-order valence-electron chi connectivity index (χ2n) is 6.28. The van der Waals surface area contributed by atoms with Gasteiger partial charge in [-0.3, -0.25) is 4.90 Å². The molecule has 24 heavy (non-hydrogen) atoms. The molecule has 0 bridgehead atoms. The van der Waals surface area contributed by atoms with Crippen LogP contribution in [0.25, 0.3) is 11.5 Å². The van der Waals surface area contributed by atoms with Gasteiger partial charge in [0.2, 0.25) is 5.89 Å². The first-order valence-electron chi connectivity index (χ1n) is 8.66. The van der Waals surface area contributed by atoms with Gasteiger partial charge in [-0.1, -0.05) is 12.1 Å². The standard InChI is InChI=1S/C19H26N2O3/c1-4-22-18-10-6-5-9-16(18)19-20-17(14(2)24-19)13-21(3)12-15-8-7-11-23-15/h5-6,9-10,15H,4,7-8,11-13H2,1-3H3/t15-/m0/s1. The molecule has 1 aromatic heterocycles. The van der Waals surface area contributed by atoms with Gasteiger partial charge in [-0.2, -0.15) is 0 Å². The number of hydrogen-bond donors (Lipinski definition) is 0. The van der Waals surface area contributed by atoms with E-state index in [0.29, 0.717) is 18.6 Å². The van der Waals surface area contributed by atoms with Crippen molar-refractivity contribution < 1.29 is 13.9 Å². The van der Waals surface area contributed by atoms with E-state index in [4.69, 9.17) is 18.9 Å². The third-order valence-electron chi connectivity index (χ3n) is 4.27. The lowest BCUT2D eigenvalue weighted by Gasteiger charge is -2.19. The molecule has 130 valence electrons. The molecule has 0 spiro atoms. The Morgan fingerprint density at radius 1 is 1.33 bits per heavy atom. The summed E-state index contributed by atoms with van der Waals surface area (Å²) in [7, 11) is 2.10. The minimum absolute atomic E-state index is 0.348. The number of hydrogen-bond acceptors (Lipinski definition) is 5. The van der Waals surface area contributed by atoms with E-state index in [2.05, 4.69) is 11.9 Å². The van der Waals surface area contributed by atoms with Crippen molar-refractivity contribution in [3.63, 3.8) is 0 Å². The van der Waals surface area contributed by atoms with Gasteiger partial charge in [0.05, 0.1) is 24.0 Å². The van der Waals surface area contributed by atoms with Gasteiger partial charge in [0, 0.05) is 19.7 Å². The van der Waals surface area contributed by atoms with Gasteiger partial charge in [-0.25, -0.2) is 4.98 Å². The van der Waals surface area contributed by atoms with Crippen molar-refractivity contribution in [2.75, 3.05) is 26.8 Å². The average Bonchev–Trinajstić information content (AvgIpc) is 3.19. The van der Waals surface area contributed by atoms with Gasteiger partial charge in [0.25, 0.3) is 0 Å². The predicted octanol–water partition coefficient (Wildman–Crippen LogP) is 3.66. The molecule has 5 nitrogen and oxygen atoms in total. The Bertz CT molecular complexity index is 662. The van der Waals surface area contributed by atoms with Crippen LogP contribution in [-0.2, 0) is 11.3 Å². The van der Waals surface area contributed by atoms with Crippen molar-refractivity contribution in [2.45, 2.75) is 39.3 Å². The average molecular weight is 330 g/mol. The van der Waals surface area contributed by atoms with Crippen molar-refractivity contribution in [3.05, 3.63) is 35.7 Å². The van der Waals surface area contributed by atoms with Crippen LogP contribution in [0, 0.1) is 6.92 Å². The van der Waals surface area contributed by atoms with Crippen molar-refractivity contribution in [2.24, 2.45) is 0 Å². The molecule has 1 aliphatic heterocycles. The predicted molar refractivity (Wildman–Crippen MR) is 93.2 cm³/mol. The van der Waals surface area contributed by atoms with Gasteiger partial charge in [0.1, 0.15) is 11.5 Å². The first kappa shape index (κ1) is 17.0. The largest absolute Gasteiger partial charge is 0.493 e. The molecule has 3 rings (SSSR count). The summed E-state index contributed by atoms with van der Waals surface area (Å²) in [5, 5.41) is 0. The molecule has 2 heterocycles. The van der Waals surface area contributed by atoms with Crippen LogP contribution in [0.15, 0.2) is 28.7 Å². The third-order valence-corrected chi connectivity index (χ3v) is 4.27. The molecule has 1 saturated heterocycles. The number of para-hydroxylation sites is 1. The quantitative estimate of drug-likeness (QED) is 0.775. The Kier molecular flexibility index (Phi) is 5.53. The normalized spacial score (nSPS) is 17.6. The molecule has 0 amide bonds. The molecule has 1 atom stereocenters. The maximum absolute atomic E-state index is 5.91. The number of nitrogens with zero attached hydrogens (tertiary/aromatic N) is 2. The lowest BCUT2D eigenvalue weighted by molar-refractivity contribution is 0.0789. The molecule has 1 aromatic carbocycles. The molecule has 0 aliphatic carbocycles. The zero-order chi connectivity index (χ0) is 16.9. The fourth-order valence-corrected chi connectivity index (χ4v) is 3.07. The van der Waals surface area contributed by atoms with Crippen LogP contribution >= 0.6 is 0 Å². The molecule has 0 N–H and O–H groups in total. The molecule has 0 radical (unpaired) electrons. The summed E-state index contributed by atoms with van der Waals surface area (Å²) < 4.78 is 17.3. The van der Waals surface area contributed by atoms with E-state index >= 15 is 0 Å². The Balaban J connectivity index is 1.73. The topological polar surface area (TPSA) is 47.7 Å². The van der Waals surface area contributed by atoms with Gasteiger partial charge in [0.15, 0.2) is 0 Å². The summed E-state index contributed by atoms with van der Waals surface area (Å²) in [5.41, 5.74) is 1.87. The summed E-state index contributed by atoms with van der Waals surface area (Å²) in [6, 6.07) is 7.86. The smallest absolute Gasteiger partial charge is 0.230 e. The van der Waals surface area contributed by atoms with E-state index in [1.54, 1.807) is 0 Å². The number of oxazole rings is 1. The first-order chi connectivity index (χ1) is 11.7. The highest BCUT2D eigenvalue weighted by molar-refractivity contribution is 5.63. The second kappa shape index (κ2) is 7.81. The third kappa shape index (κ3) is 3.97. The van der Waals surface area contributed by atoms with Crippen LogP contribution in [0.4, 0.5) is 0 Å². The zero-order valence-corrected chi connectivity index (χ0v) is 14.7. The first-order valence-corrected chi connectivity index (χ1v) is 8.66. The molecular formula is C19H26N2O3. The monoisotopic (exact) mass is 330 g/mol. The Labute approximate surface area is 143 Å². The van der Waals surface area contributed by atoms with E-state index < -0.39 is 0 Å². The lowest BCUT2D eigenvalue weighted by Crippen LogP contribution is -2.28. The molecule has 0 saturated carbocycles. The molecule has 2 aromatic rings. The van der Waals surface area contributed by atoms with Crippen LogP contribution in [0.3, 0.4) is 0 Å². The highest BCUT2D eigenvalue weighted by Crippen LogP contribution is 2.30.